The van der Waals surface area contributed by atoms with E-state index in [9.17, 15) is 4.79 Å². The second kappa shape index (κ2) is 2.46. The van der Waals surface area contributed by atoms with E-state index in [-0.39, 0.29) is 11.9 Å². The molecule has 0 unspecified atom stereocenters. The number of amides is 1. The summed E-state index contributed by atoms with van der Waals surface area (Å²) in [5.74, 6) is -0.0790. The van der Waals surface area contributed by atoms with Crippen LogP contribution in [-0.2, 0) is 9.53 Å². The highest BCUT2D eigenvalue weighted by atomic mass is 16.5. The first kappa shape index (κ1) is 8.52. The molecule has 2 aliphatic rings. The zero-order valence-corrected chi connectivity index (χ0v) is 7.78. The lowest BCUT2D eigenvalue weighted by Gasteiger charge is -2.52. The van der Waals surface area contributed by atoms with Crippen LogP contribution in [0.4, 0.5) is 0 Å². The number of carbonyl (C=O) groups excluding carboxylic acids is 1. The van der Waals surface area contributed by atoms with Crippen LogP contribution in [0.15, 0.2) is 0 Å². The van der Waals surface area contributed by atoms with Crippen molar-refractivity contribution in [3.63, 3.8) is 0 Å². The molecule has 4 heteroatoms. The lowest BCUT2D eigenvalue weighted by molar-refractivity contribution is -0.220. The molecule has 4 nitrogen and oxygen atoms in total. The topological polar surface area (TPSA) is 33.9 Å². The molecule has 13 heavy (non-hydrogen) atoms. The molecule has 2 rings (SSSR count). The number of β-lactam (4-membered cyclic amide) rings is 1. The van der Waals surface area contributed by atoms with Gasteiger partial charge in [0.05, 0.1) is 6.61 Å². The Balaban J connectivity index is 2.22. The van der Waals surface area contributed by atoms with Gasteiger partial charge < -0.3 is 9.58 Å². The minimum Gasteiger partial charge on any atom is -0.356 e. The fraction of sp³-hybridized carbons (Fsp3) is 0.778. The van der Waals surface area contributed by atoms with Gasteiger partial charge >= 0.3 is 11.9 Å². The predicted octanol–water partition coefficient (Wildman–Crippen LogP) is 0.641. The summed E-state index contributed by atoms with van der Waals surface area (Å²) in [5.41, 5.74) is -0.513. The minimum atomic E-state index is -0.513. The molecule has 0 N–H and O–H groups in total. The summed E-state index contributed by atoms with van der Waals surface area (Å²) in [5, 5.41) is 0. The third-order valence-electron chi connectivity index (χ3n) is 2.77. The van der Waals surface area contributed by atoms with Crippen molar-refractivity contribution in [2.45, 2.75) is 38.1 Å². The molecular weight excluding hydrogens is 168 g/mol. The SMILES string of the molecule is [C-]#[N+][C@H]1C(=O)N2[C@@H]1CCOC2(C)C. The molecular formula is C9H12N2O2. The molecule has 0 radical (unpaired) electrons. The normalized spacial score (nSPS) is 36.1. The standard InChI is InChI=1S/C9H12N2O2/c1-9(2)11-6(4-5-13-9)7(10-3)8(11)12/h6-7H,4-5H2,1-2H3/t6-,7-/m1/s1. The van der Waals surface area contributed by atoms with Crippen LogP contribution >= 0.6 is 0 Å². The van der Waals surface area contributed by atoms with Crippen LogP contribution in [0.3, 0.4) is 0 Å². The Hall–Kier alpha value is -1.08. The summed E-state index contributed by atoms with van der Waals surface area (Å²) in [6.45, 7) is 11.3. The van der Waals surface area contributed by atoms with Gasteiger partial charge in [-0.05, 0) is 20.3 Å². The molecule has 0 saturated carbocycles. The Morgan fingerprint density at radius 3 is 3.00 bits per heavy atom. The van der Waals surface area contributed by atoms with Crippen molar-refractivity contribution in [3.8, 4) is 0 Å². The number of hydrogen-bond donors (Lipinski definition) is 0. The van der Waals surface area contributed by atoms with Gasteiger partial charge in [0, 0.05) is 0 Å². The molecule has 0 aromatic rings. The van der Waals surface area contributed by atoms with E-state index < -0.39 is 11.8 Å². The van der Waals surface area contributed by atoms with Crippen molar-refractivity contribution in [2.24, 2.45) is 0 Å². The average Bonchev–Trinajstić information content (AvgIpc) is 2.02. The third-order valence-corrected chi connectivity index (χ3v) is 2.77. The molecule has 0 aliphatic carbocycles. The maximum Gasteiger partial charge on any atom is 0.320 e. The van der Waals surface area contributed by atoms with E-state index in [2.05, 4.69) is 4.85 Å². The van der Waals surface area contributed by atoms with Crippen molar-refractivity contribution >= 4 is 5.91 Å². The highest BCUT2D eigenvalue weighted by Crippen LogP contribution is 2.37. The first-order valence-electron chi connectivity index (χ1n) is 4.41. The molecule has 2 saturated heterocycles. The minimum absolute atomic E-state index is 0.0790. The largest absolute Gasteiger partial charge is 0.356 e. The second-order valence-electron chi connectivity index (χ2n) is 3.93. The van der Waals surface area contributed by atoms with Gasteiger partial charge in [-0.3, -0.25) is 9.69 Å². The number of rotatable bonds is 0. The molecule has 0 spiro atoms. The first-order valence-corrected chi connectivity index (χ1v) is 4.41. The lowest BCUT2D eigenvalue weighted by atomic mass is 9.88. The number of ether oxygens (including phenoxy) is 1. The number of nitrogens with zero attached hydrogens (tertiary/aromatic N) is 2. The van der Waals surface area contributed by atoms with E-state index in [0.29, 0.717) is 6.61 Å². The highest BCUT2D eigenvalue weighted by molar-refractivity contribution is 5.91. The number of hydrogen-bond acceptors (Lipinski definition) is 2. The third kappa shape index (κ3) is 0.971. The Morgan fingerprint density at radius 2 is 2.38 bits per heavy atom. The molecule has 0 aromatic carbocycles. The van der Waals surface area contributed by atoms with E-state index in [1.807, 2.05) is 13.8 Å². The molecule has 0 aromatic heterocycles. The Morgan fingerprint density at radius 1 is 1.69 bits per heavy atom. The fourth-order valence-electron chi connectivity index (χ4n) is 2.12. The monoisotopic (exact) mass is 180 g/mol. The lowest BCUT2D eigenvalue weighted by Crippen LogP contribution is -2.73. The summed E-state index contributed by atoms with van der Waals surface area (Å²) in [6, 6.07) is -0.350. The molecule has 70 valence electrons. The Kier molecular flexibility index (Phi) is 1.61. The van der Waals surface area contributed by atoms with Gasteiger partial charge in [-0.25, -0.2) is 6.57 Å². The second-order valence-corrected chi connectivity index (χ2v) is 3.93. The van der Waals surface area contributed by atoms with Crippen molar-refractivity contribution in [3.05, 3.63) is 11.4 Å². The van der Waals surface area contributed by atoms with Crippen molar-refractivity contribution in [2.75, 3.05) is 6.61 Å². The van der Waals surface area contributed by atoms with Gasteiger partial charge in [-0.1, -0.05) is 0 Å². The molecule has 2 fully saturated rings. The average molecular weight is 180 g/mol. The zero-order valence-electron chi connectivity index (χ0n) is 7.78. The highest BCUT2D eigenvalue weighted by Gasteiger charge is 2.60. The number of fused-ring (bicyclic) bond motifs is 1. The van der Waals surface area contributed by atoms with Crippen LogP contribution in [0.25, 0.3) is 4.85 Å². The fourth-order valence-corrected chi connectivity index (χ4v) is 2.12. The van der Waals surface area contributed by atoms with Crippen LogP contribution in [0.5, 0.6) is 0 Å². The van der Waals surface area contributed by atoms with Gasteiger partial charge in [0.1, 0.15) is 11.8 Å². The van der Waals surface area contributed by atoms with Gasteiger partial charge in [0.2, 0.25) is 0 Å². The summed E-state index contributed by atoms with van der Waals surface area (Å²) >= 11 is 0. The van der Waals surface area contributed by atoms with Crippen LogP contribution in [0, 0.1) is 6.57 Å². The zero-order chi connectivity index (χ0) is 9.64. The number of carbonyl (C=O) groups is 1. The van der Waals surface area contributed by atoms with Crippen LogP contribution < -0.4 is 0 Å². The van der Waals surface area contributed by atoms with Crippen LogP contribution in [0.1, 0.15) is 20.3 Å². The Bertz CT molecular complexity index is 292. The van der Waals surface area contributed by atoms with E-state index in [1.54, 1.807) is 4.90 Å². The van der Waals surface area contributed by atoms with Crippen molar-refractivity contribution < 1.29 is 9.53 Å². The maximum absolute atomic E-state index is 11.5. The van der Waals surface area contributed by atoms with E-state index >= 15 is 0 Å². The van der Waals surface area contributed by atoms with Crippen LogP contribution in [-0.4, -0.2) is 35.2 Å². The smallest absolute Gasteiger partial charge is 0.320 e. The predicted molar refractivity (Wildman–Crippen MR) is 45.7 cm³/mol. The van der Waals surface area contributed by atoms with E-state index in [4.69, 9.17) is 11.3 Å². The summed E-state index contributed by atoms with van der Waals surface area (Å²) in [6.07, 6.45) is 0.794. The summed E-state index contributed by atoms with van der Waals surface area (Å²) in [7, 11) is 0. The molecule has 0 bridgehead atoms. The maximum atomic E-state index is 11.5. The van der Waals surface area contributed by atoms with Crippen molar-refractivity contribution in [1.29, 1.82) is 0 Å². The first-order chi connectivity index (χ1) is 6.08. The van der Waals surface area contributed by atoms with Crippen LogP contribution in [0.2, 0.25) is 0 Å². The van der Waals surface area contributed by atoms with Crippen molar-refractivity contribution in [1.82, 2.24) is 4.90 Å². The van der Waals surface area contributed by atoms with Gasteiger partial charge in [0.25, 0.3) is 0 Å². The van der Waals surface area contributed by atoms with E-state index in [1.165, 1.54) is 0 Å². The molecule has 2 heterocycles. The summed E-state index contributed by atoms with van der Waals surface area (Å²) < 4.78 is 5.46. The van der Waals surface area contributed by atoms with Gasteiger partial charge in [-0.2, -0.15) is 0 Å². The molecule has 2 atom stereocenters. The summed E-state index contributed by atoms with van der Waals surface area (Å²) in [4.78, 5) is 16.5. The van der Waals surface area contributed by atoms with Gasteiger partial charge in [0.15, 0.2) is 0 Å². The molecule has 2 aliphatic heterocycles. The molecule has 1 amide bonds. The van der Waals surface area contributed by atoms with Gasteiger partial charge in [-0.15, -0.1) is 0 Å². The van der Waals surface area contributed by atoms with E-state index in [0.717, 1.165) is 6.42 Å². The quantitative estimate of drug-likeness (QED) is 0.405. The Labute approximate surface area is 77.3 Å².